The molecule has 0 amide bonds. The topological polar surface area (TPSA) is 0 Å². The Hall–Kier alpha value is 0.260. The summed E-state index contributed by atoms with van der Waals surface area (Å²) in [7, 11) is 0. The Balaban J connectivity index is 3.56. The van der Waals surface area contributed by atoms with E-state index in [9.17, 15) is 13.2 Å². The summed E-state index contributed by atoms with van der Waals surface area (Å²) in [5.41, 5.74) is 0. The van der Waals surface area contributed by atoms with Crippen LogP contribution in [-0.2, 0) is 0 Å². The summed E-state index contributed by atoms with van der Waals surface area (Å²) in [5, 5.41) is 0. The van der Waals surface area contributed by atoms with Crippen molar-refractivity contribution >= 4 is 22.6 Å². The van der Waals surface area contributed by atoms with Gasteiger partial charge in [0, 0.05) is 4.08 Å². The summed E-state index contributed by atoms with van der Waals surface area (Å²) >= 11 is 1.41. The highest BCUT2D eigenvalue weighted by Crippen LogP contribution is 2.10. The number of allylic oxidation sites excluding steroid dienone is 1. The lowest BCUT2D eigenvalue weighted by molar-refractivity contribution is 0.160. The molecule has 0 rings (SSSR count). The Bertz CT molecular complexity index is 78.2. The van der Waals surface area contributed by atoms with Gasteiger partial charge in [0.1, 0.15) is 0 Å². The van der Waals surface area contributed by atoms with Crippen molar-refractivity contribution in [2.24, 2.45) is 0 Å². The van der Waals surface area contributed by atoms with Gasteiger partial charge in [-0.25, -0.2) is 13.2 Å². The highest BCUT2D eigenvalue weighted by Gasteiger charge is 2.06. The lowest BCUT2D eigenvalue weighted by Crippen LogP contribution is -1.86. The quantitative estimate of drug-likeness (QED) is 0.598. The van der Waals surface area contributed by atoms with Gasteiger partial charge >= 0.3 is 0 Å². The lowest BCUT2D eigenvalue weighted by Gasteiger charge is -1.86. The van der Waals surface area contributed by atoms with E-state index in [4.69, 9.17) is 0 Å². The Morgan fingerprint density at radius 3 is 2.00 bits per heavy atom. The van der Waals surface area contributed by atoms with E-state index in [1.807, 2.05) is 0 Å². The fourth-order valence-electron chi connectivity index (χ4n) is 0.0476. The van der Waals surface area contributed by atoms with Crippen LogP contribution in [0.4, 0.5) is 13.2 Å². The van der Waals surface area contributed by atoms with Crippen molar-refractivity contribution < 1.29 is 13.2 Å². The van der Waals surface area contributed by atoms with Crippen LogP contribution < -0.4 is 0 Å². The maximum atomic E-state index is 11.4. The molecule has 0 nitrogen and oxygen atoms in total. The molecule has 0 aliphatic carbocycles. The van der Waals surface area contributed by atoms with Crippen LogP contribution in [0.1, 0.15) is 0 Å². The van der Waals surface area contributed by atoms with Gasteiger partial charge in [-0.3, -0.25) is 0 Å². The van der Waals surface area contributed by atoms with Crippen molar-refractivity contribution in [1.29, 1.82) is 0 Å². The van der Waals surface area contributed by atoms with Gasteiger partial charge in [0.2, 0.25) is 0 Å². The van der Waals surface area contributed by atoms with Crippen LogP contribution in [0.25, 0.3) is 0 Å². The number of alkyl halides is 2. The summed E-state index contributed by atoms with van der Waals surface area (Å²) in [6.07, 6.45) is -2.95. The normalized spacial score (nSPS) is 13.0. The molecule has 0 aromatic carbocycles. The summed E-state index contributed by atoms with van der Waals surface area (Å²) in [6, 6.07) is 0. The van der Waals surface area contributed by atoms with Gasteiger partial charge in [-0.15, -0.1) is 0 Å². The molecule has 0 aliphatic rings. The Labute approximate surface area is 52.5 Å². The fraction of sp³-hybridized carbons (Fsp3) is 0.333. The van der Waals surface area contributed by atoms with Gasteiger partial charge in [-0.05, 0) is 22.6 Å². The summed E-state index contributed by atoms with van der Waals surface area (Å²) in [4.78, 5) is 0. The third-order valence-electron chi connectivity index (χ3n) is 0.313. The third-order valence-corrected chi connectivity index (χ3v) is 0.908. The molecule has 0 N–H and O–H groups in total. The minimum absolute atomic E-state index is 0.711. The molecule has 0 unspecified atom stereocenters. The first kappa shape index (κ1) is 7.26. The minimum Gasteiger partial charge on any atom is -0.205 e. The van der Waals surface area contributed by atoms with E-state index in [1.54, 1.807) is 0 Å². The molecule has 0 aliphatic heterocycles. The molecule has 0 bridgehead atoms. The molecule has 0 aromatic rings. The summed E-state index contributed by atoms with van der Waals surface area (Å²) < 4.78 is 34.0. The van der Waals surface area contributed by atoms with Gasteiger partial charge in [0.25, 0.3) is 6.43 Å². The lowest BCUT2D eigenvalue weighted by atomic mass is 10.6. The van der Waals surface area contributed by atoms with Crippen LogP contribution in [0.2, 0.25) is 0 Å². The molecule has 0 radical (unpaired) electrons. The summed E-state index contributed by atoms with van der Waals surface area (Å²) in [5.74, 6) is -1.37. The largest absolute Gasteiger partial charge is 0.289 e. The molecular formula is C3H2F3I. The molecule has 4 heteroatoms. The molecule has 0 fully saturated rings. The molecular weight excluding hydrogens is 220 g/mol. The van der Waals surface area contributed by atoms with Crippen molar-refractivity contribution in [3.05, 3.63) is 9.91 Å². The molecule has 42 valence electrons. The number of hydrogen-bond acceptors (Lipinski definition) is 0. The highest BCUT2D eigenvalue weighted by molar-refractivity contribution is 14.1. The Morgan fingerprint density at radius 2 is 2.00 bits per heavy atom. The second-order valence-electron chi connectivity index (χ2n) is 0.795. The molecule has 0 spiro atoms. The molecule has 0 saturated carbocycles. The minimum atomic E-state index is -2.95. The van der Waals surface area contributed by atoms with Crippen LogP contribution in [0.15, 0.2) is 9.91 Å². The van der Waals surface area contributed by atoms with E-state index in [1.165, 1.54) is 22.6 Å². The monoisotopic (exact) mass is 222 g/mol. The highest BCUT2D eigenvalue weighted by atomic mass is 127. The van der Waals surface area contributed by atoms with E-state index >= 15 is 0 Å². The molecule has 7 heavy (non-hydrogen) atoms. The van der Waals surface area contributed by atoms with Crippen molar-refractivity contribution in [1.82, 2.24) is 0 Å². The fourth-order valence-corrected chi connectivity index (χ4v) is 0.319. The first-order valence-corrected chi connectivity index (χ1v) is 2.67. The van der Waals surface area contributed by atoms with Gasteiger partial charge < -0.3 is 0 Å². The second-order valence-corrected chi connectivity index (χ2v) is 1.42. The average molecular weight is 222 g/mol. The van der Waals surface area contributed by atoms with Crippen LogP contribution in [0.5, 0.6) is 0 Å². The van der Waals surface area contributed by atoms with E-state index in [0.717, 1.165) is 0 Å². The Morgan fingerprint density at radius 1 is 1.57 bits per heavy atom. The standard InChI is InChI=1S/C3H2F3I/c4-2(1-7)3(5)6/h1,3H/b2-1+. The van der Waals surface area contributed by atoms with E-state index in [0.29, 0.717) is 4.08 Å². The van der Waals surface area contributed by atoms with Crippen LogP contribution in [0, 0.1) is 0 Å². The maximum Gasteiger partial charge on any atom is 0.289 e. The van der Waals surface area contributed by atoms with Gasteiger partial charge in [-0.2, -0.15) is 0 Å². The predicted octanol–water partition coefficient (Wildman–Crippen LogP) is 2.50. The zero-order chi connectivity index (χ0) is 5.86. The number of halogens is 4. The number of rotatable bonds is 1. The smallest absolute Gasteiger partial charge is 0.205 e. The molecule has 0 aromatic heterocycles. The van der Waals surface area contributed by atoms with Crippen molar-refractivity contribution in [2.75, 3.05) is 0 Å². The molecule has 0 heterocycles. The van der Waals surface area contributed by atoms with Crippen molar-refractivity contribution in [3.8, 4) is 0 Å². The van der Waals surface area contributed by atoms with Crippen LogP contribution in [-0.4, -0.2) is 6.43 Å². The van der Waals surface area contributed by atoms with Crippen molar-refractivity contribution in [3.63, 3.8) is 0 Å². The summed E-state index contributed by atoms with van der Waals surface area (Å²) in [6.45, 7) is 0. The third kappa shape index (κ3) is 2.90. The molecule has 0 atom stereocenters. The van der Waals surface area contributed by atoms with E-state index in [-0.39, 0.29) is 0 Å². The SMILES string of the molecule is F/C(=C/I)C(F)F. The first-order valence-electron chi connectivity index (χ1n) is 1.42. The maximum absolute atomic E-state index is 11.4. The predicted molar refractivity (Wildman–Crippen MR) is 29.2 cm³/mol. The Kier molecular flexibility index (Phi) is 3.41. The number of hydrogen-bond donors (Lipinski definition) is 0. The second kappa shape index (κ2) is 3.29. The first-order chi connectivity index (χ1) is 3.18. The molecule has 0 saturated heterocycles. The van der Waals surface area contributed by atoms with Gasteiger partial charge in [0.05, 0.1) is 0 Å². The van der Waals surface area contributed by atoms with Gasteiger partial charge in [0.15, 0.2) is 5.83 Å². The zero-order valence-electron chi connectivity index (χ0n) is 3.17. The van der Waals surface area contributed by atoms with Crippen LogP contribution in [0.3, 0.4) is 0 Å². The van der Waals surface area contributed by atoms with Crippen molar-refractivity contribution in [2.45, 2.75) is 6.43 Å². The van der Waals surface area contributed by atoms with Gasteiger partial charge in [-0.1, -0.05) is 0 Å². The van der Waals surface area contributed by atoms with E-state index < -0.39 is 12.3 Å². The van der Waals surface area contributed by atoms with Crippen LogP contribution >= 0.6 is 22.6 Å². The zero-order valence-corrected chi connectivity index (χ0v) is 5.32. The van der Waals surface area contributed by atoms with E-state index in [2.05, 4.69) is 0 Å². The average Bonchev–Trinajstić information content (AvgIpc) is 1.65.